The number of nitrogens with zero attached hydrogens (tertiary/aromatic N) is 2. The molecule has 6 heteroatoms. The third-order valence-corrected chi connectivity index (χ3v) is 11.5. The second-order valence-electron chi connectivity index (χ2n) is 14.8. The summed E-state index contributed by atoms with van der Waals surface area (Å²) in [5, 5.41) is 14.2. The van der Waals surface area contributed by atoms with Gasteiger partial charge in [-0.2, -0.15) is 0 Å². The molecular weight excluding hydrogens is 701 g/mol. The molecule has 1 aliphatic heterocycles. The van der Waals surface area contributed by atoms with Crippen molar-refractivity contribution in [1.29, 1.82) is 0 Å². The molecule has 3 aromatic heterocycles. The van der Waals surface area contributed by atoms with Crippen LogP contribution in [0.3, 0.4) is 0 Å². The lowest BCUT2D eigenvalue weighted by Crippen LogP contribution is -2.44. The SMILES string of the molecule is c1ccc(C2=NC(c3ccc(-n4c5ccccc5c5ccc6oc7ccc(-c8cccc9c8oc8ccccc89)cc7c6c54)cc3)NC(c3ccccc3)N2)cc1. The van der Waals surface area contributed by atoms with Crippen LogP contribution >= 0.6 is 0 Å². The molecule has 2 unspecified atom stereocenters. The summed E-state index contributed by atoms with van der Waals surface area (Å²) in [7, 11) is 0. The zero-order valence-corrected chi connectivity index (χ0v) is 30.7. The van der Waals surface area contributed by atoms with Gasteiger partial charge in [0.2, 0.25) is 0 Å². The van der Waals surface area contributed by atoms with Crippen LogP contribution in [-0.2, 0) is 0 Å². The van der Waals surface area contributed by atoms with Crippen LogP contribution in [0.25, 0.3) is 82.5 Å². The summed E-state index contributed by atoms with van der Waals surface area (Å²) in [4.78, 5) is 5.19. The molecule has 0 bridgehead atoms. The normalized spacial score (nSPS) is 15.9. The number of aliphatic imine (C=N–C) groups is 1. The first-order valence-corrected chi connectivity index (χ1v) is 19.4. The molecule has 1 aliphatic rings. The van der Waals surface area contributed by atoms with Gasteiger partial charge in [-0.15, -0.1) is 0 Å². The number of amidine groups is 1. The molecule has 0 aliphatic carbocycles. The number of fused-ring (bicyclic) bond motifs is 10. The Labute approximate surface area is 327 Å². The van der Waals surface area contributed by atoms with Gasteiger partial charge in [0, 0.05) is 43.7 Å². The Bertz CT molecular complexity index is 3360. The van der Waals surface area contributed by atoms with Crippen molar-refractivity contribution < 1.29 is 8.83 Å². The van der Waals surface area contributed by atoms with Crippen LogP contribution in [0.5, 0.6) is 0 Å². The predicted octanol–water partition coefficient (Wildman–Crippen LogP) is 12.6. The van der Waals surface area contributed by atoms with Gasteiger partial charge in [0.1, 0.15) is 40.5 Å². The molecule has 0 saturated heterocycles. The summed E-state index contributed by atoms with van der Waals surface area (Å²) in [5.74, 6) is 0.866. The van der Waals surface area contributed by atoms with E-state index in [2.05, 4.69) is 173 Å². The first-order chi connectivity index (χ1) is 28.2. The highest BCUT2D eigenvalue weighted by atomic mass is 16.3. The number of para-hydroxylation sites is 3. The second kappa shape index (κ2) is 12.6. The molecule has 4 heterocycles. The number of nitrogens with one attached hydrogen (secondary N) is 2. The minimum atomic E-state index is -0.252. The molecule has 12 rings (SSSR count). The van der Waals surface area contributed by atoms with E-state index in [1.165, 1.54) is 10.8 Å². The Balaban J connectivity index is 1.02. The van der Waals surface area contributed by atoms with Gasteiger partial charge in [-0.05, 0) is 65.2 Å². The van der Waals surface area contributed by atoms with Gasteiger partial charge in [0.25, 0.3) is 0 Å². The van der Waals surface area contributed by atoms with E-state index in [-0.39, 0.29) is 12.3 Å². The van der Waals surface area contributed by atoms with Crippen LogP contribution in [0.2, 0.25) is 0 Å². The van der Waals surface area contributed by atoms with Crippen LogP contribution in [-0.4, -0.2) is 10.4 Å². The minimum Gasteiger partial charge on any atom is -0.456 e. The Morgan fingerprint density at radius 2 is 1.21 bits per heavy atom. The Morgan fingerprint density at radius 1 is 0.491 bits per heavy atom. The van der Waals surface area contributed by atoms with Gasteiger partial charge in [-0.1, -0.05) is 133 Å². The van der Waals surface area contributed by atoms with Gasteiger partial charge in [-0.25, -0.2) is 4.99 Å². The Kier molecular flexibility index (Phi) is 7.03. The van der Waals surface area contributed by atoms with Crippen LogP contribution < -0.4 is 10.6 Å². The molecule has 0 spiro atoms. The Morgan fingerprint density at radius 3 is 2.07 bits per heavy atom. The molecule has 2 atom stereocenters. The first kappa shape index (κ1) is 31.9. The monoisotopic (exact) mass is 734 g/mol. The van der Waals surface area contributed by atoms with Crippen LogP contribution in [0.1, 0.15) is 29.0 Å². The number of hydrogen-bond donors (Lipinski definition) is 2. The van der Waals surface area contributed by atoms with E-state index in [1.807, 2.05) is 24.3 Å². The van der Waals surface area contributed by atoms with Crippen molar-refractivity contribution in [3.63, 3.8) is 0 Å². The van der Waals surface area contributed by atoms with E-state index in [4.69, 9.17) is 13.8 Å². The molecule has 270 valence electrons. The van der Waals surface area contributed by atoms with Crippen LogP contribution in [0.4, 0.5) is 0 Å². The number of benzene rings is 8. The topological polar surface area (TPSA) is 67.6 Å². The fourth-order valence-electron chi connectivity index (χ4n) is 8.82. The third-order valence-electron chi connectivity index (χ3n) is 11.5. The molecule has 57 heavy (non-hydrogen) atoms. The Hall–Kier alpha value is -7.41. The van der Waals surface area contributed by atoms with E-state index >= 15 is 0 Å². The summed E-state index contributed by atoms with van der Waals surface area (Å²) in [6, 6.07) is 63.8. The average Bonchev–Trinajstić information content (AvgIpc) is 3.96. The lowest BCUT2D eigenvalue weighted by molar-refractivity contribution is 0.409. The van der Waals surface area contributed by atoms with Gasteiger partial charge in [0.05, 0.1) is 16.4 Å². The lowest BCUT2D eigenvalue weighted by atomic mass is 9.99. The number of rotatable bonds is 5. The summed E-state index contributed by atoms with van der Waals surface area (Å²) in [6.07, 6.45) is -0.356. The van der Waals surface area contributed by atoms with Crippen LogP contribution in [0.15, 0.2) is 196 Å². The quantitative estimate of drug-likeness (QED) is 0.185. The second-order valence-corrected chi connectivity index (χ2v) is 14.8. The molecule has 0 radical (unpaired) electrons. The average molecular weight is 735 g/mol. The number of hydrogen-bond acceptors (Lipinski definition) is 5. The van der Waals surface area contributed by atoms with Crippen molar-refractivity contribution in [2.45, 2.75) is 12.3 Å². The van der Waals surface area contributed by atoms with E-state index in [0.29, 0.717) is 0 Å². The zero-order valence-electron chi connectivity index (χ0n) is 30.7. The van der Waals surface area contributed by atoms with Crippen molar-refractivity contribution in [3.8, 4) is 16.8 Å². The fraction of sp³-hybridized carbons (Fsp3) is 0.0392. The summed E-state index contributed by atoms with van der Waals surface area (Å²) < 4.78 is 15.5. The molecule has 2 N–H and O–H groups in total. The van der Waals surface area contributed by atoms with E-state index in [0.717, 1.165) is 94.3 Å². The lowest BCUT2D eigenvalue weighted by Gasteiger charge is -2.32. The zero-order chi connectivity index (χ0) is 37.5. The molecular formula is C51H34N4O2. The first-order valence-electron chi connectivity index (χ1n) is 19.4. The van der Waals surface area contributed by atoms with Crippen LogP contribution in [0, 0.1) is 0 Å². The van der Waals surface area contributed by atoms with E-state index < -0.39 is 0 Å². The van der Waals surface area contributed by atoms with Crippen molar-refractivity contribution in [3.05, 3.63) is 199 Å². The highest BCUT2D eigenvalue weighted by Gasteiger charge is 2.26. The standard InChI is InChI=1S/C51H34N4O2/c1-3-12-31(13-4-1)49-52-50(32-14-5-2-6-15-32)54-51(53-49)33-22-25-35(26-23-33)55-42-20-9-7-16-37(42)39-27-29-45-46(47(39)55)41-30-34(24-28-44(41)56-45)36-18-11-19-40-38-17-8-10-21-43(38)57-48(36)40/h1-30,49,51,53H,(H,52,54). The van der Waals surface area contributed by atoms with Gasteiger partial charge >= 0.3 is 0 Å². The molecule has 0 saturated carbocycles. The molecule has 0 fully saturated rings. The maximum absolute atomic E-state index is 6.60. The van der Waals surface area contributed by atoms with Gasteiger partial charge < -0.3 is 18.7 Å². The summed E-state index contributed by atoms with van der Waals surface area (Å²) in [5.41, 5.74) is 12.2. The maximum Gasteiger partial charge on any atom is 0.143 e. The summed E-state index contributed by atoms with van der Waals surface area (Å²) >= 11 is 0. The van der Waals surface area contributed by atoms with Crippen molar-refractivity contribution in [2.75, 3.05) is 0 Å². The van der Waals surface area contributed by atoms with Gasteiger partial charge in [0.15, 0.2) is 0 Å². The number of furan rings is 2. The van der Waals surface area contributed by atoms with Crippen molar-refractivity contribution in [1.82, 2.24) is 15.2 Å². The van der Waals surface area contributed by atoms with Crippen molar-refractivity contribution >= 4 is 71.5 Å². The predicted molar refractivity (Wildman–Crippen MR) is 232 cm³/mol. The van der Waals surface area contributed by atoms with Crippen molar-refractivity contribution in [2.24, 2.45) is 4.99 Å². The smallest absolute Gasteiger partial charge is 0.143 e. The largest absolute Gasteiger partial charge is 0.456 e. The summed E-state index contributed by atoms with van der Waals surface area (Å²) in [6.45, 7) is 0. The maximum atomic E-state index is 6.60. The van der Waals surface area contributed by atoms with E-state index in [9.17, 15) is 0 Å². The van der Waals surface area contributed by atoms with Gasteiger partial charge in [-0.3, -0.25) is 5.32 Å². The third kappa shape index (κ3) is 5.04. The van der Waals surface area contributed by atoms with E-state index in [1.54, 1.807) is 0 Å². The number of aromatic nitrogens is 1. The fourth-order valence-corrected chi connectivity index (χ4v) is 8.82. The highest BCUT2D eigenvalue weighted by Crippen LogP contribution is 2.43. The molecule has 11 aromatic rings. The molecule has 6 nitrogen and oxygen atoms in total. The minimum absolute atomic E-state index is 0.104. The highest BCUT2D eigenvalue weighted by molar-refractivity contribution is 6.25. The molecule has 8 aromatic carbocycles. The molecule has 0 amide bonds.